The number of carbonyl (C=O) groups is 1. The van der Waals surface area contributed by atoms with Crippen molar-refractivity contribution in [3.8, 4) is 0 Å². The van der Waals surface area contributed by atoms with Gasteiger partial charge in [0.15, 0.2) is 0 Å². The molecular formula is C12H25NO4. The molecule has 102 valence electrons. The van der Waals surface area contributed by atoms with Crippen molar-refractivity contribution in [3.63, 3.8) is 0 Å². The van der Waals surface area contributed by atoms with Crippen molar-refractivity contribution >= 4 is 5.91 Å². The van der Waals surface area contributed by atoms with Gasteiger partial charge in [-0.05, 0) is 11.3 Å². The molecule has 0 aliphatic heterocycles. The van der Waals surface area contributed by atoms with Gasteiger partial charge >= 0.3 is 0 Å². The van der Waals surface area contributed by atoms with Crippen LogP contribution in [0.3, 0.4) is 0 Å². The number of amides is 1. The summed E-state index contributed by atoms with van der Waals surface area (Å²) in [6, 6.07) is 0. The van der Waals surface area contributed by atoms with E-state index in [9.17, 15) is 4.79 Å². The molecule has 0 fully saturated rings. The van der Waals surface area contributed by atoms with Crippen molar-refractivity contribution in [3.05, 3.63) is 0 Å². The molecule has 0 rings (SSSR count). The van der Waals surface area contributed by atoms with Crippen molar-refractivity contribution in [2.75, 3.05) is 19.8 Å². The number of aliphatic hydroxyl groups excluding tert-OH is 3. The van der Waals surface area contributed by atoms with Crippen LogP contribution in [0.4, 0.5) is 0 Å². The Morgan fingerprint density at radius 1 is 1.12 bits per heavy atom. The molecule has 0 aromatic heterocycles. The predicted molar refractivity (Wildman–Crippen MR) is 65.4 cm³/mol. The van der Waals surface area contributed by atoms with E-state index in [2.05, 4.69) is 5.32 Å². The van der Waals surface area contributed by atoms with Crippen LogP contribution in [0.15, 0.2) is 0 Å². The summed E-state index contributed by atoms with van der Waals surface area (Å²) in [7, 11) is 0. The molecule has 0 heterocycles. The average molecular weight is 247 g/mol. The lowest BCUT2D eigenvalue weighted by atomic mass is 9.80. The van der Waals surface area contributed by atoms with Crippen LogP contribution < -0.4 is 5.32 Å². The Morgan fingerprint density at radius 2 is 1.53 bits per heavy atom. The molecule has 0 spiro atoms. The first-order valence-electron chi connectivity index (χ1n) is 5.84. The third-order valence-corrected chi connectivity index (χ3v) is 3.28. The Balaban J connectivity index is 4.45. The zero-order valence-corrected chi connectivity index (χ0v) is 11.2. The second kappa shape index (κ2) is 6.33. The molecule has 0 saturated carbocycles. The summed E-state index contributed by atoms with van der Waals surface area (Å²) in [5.41, 5.74) is -1.31. The zero-order chi connectivity index (χ0) is 13.7. The summed E-state index contributed by atoms with van der Waals surface area (Å²) < 4.78 is 0. The van der Waals surface area contributed by atoms with Gasteiger partial charge in [-0.15, -0.1) is 0 Å². The fourth-order valence-corrected chi connectivity index (χ4v) is 1.20. The van der Waals surface area contributed by atoms with E-state index in [0.29, 0.717) is 6.42 Å². The molecule has 4 N–H and O–H groups in total. The Hall–Kier alpha value is -0.650. The van der Waals surface area contributed by atoms with Crippen LogP contribution >= 0.6 is 0 Å². The fraction of sp³-hybridized carbons (Fsp3) is 0.917. The van der Waals surface area contributed by atoms with Gasteiger partial charge < -0.3 is 20.6 Å². The first-order valence-corrected chi connectivity index (χ1v) is 5.84. The molecule has 5 heteroatoms. The van der Waals surface area contributed by atoms with Gasteiger partial charge in [-0.25, -0.2) is 0 Å². The zero-order valence-electron chi connectivity index (χ0n) is 11.2. The first kappa shape index (κ1) is 16.4. The molecule has 0 aromatic rings. The van der Waals surface area contributed by atoms with Gasteiger partial charge in [0.2, 0.25) is 5.91 Å². The highest BCUT2D eigenvalue weighted by Gasteiger charge is 2.31. The molecular weight excluding hydrogens is 222 g/mol. The van der Waals surface area contributed by atoms with Crippen LogP contribution in [0.5, 0.6) is 0 Å². The highest BCUT2D eigenvalue weighted by molar-refractivity contribution is 5.77. The predicted octanol–water partition coefficient (Wildman–Crippen LogP) is -0.109. The minimum absolute atomic E-state index is 0.0116. The maximum Gasteiger partial charge on any atom is 0.220 e. The van der Waals surface area contributed by atoms with Crippen molar-refractivity contribution in [2.24, 2.45) is 11.3 Å². The van der Waals surface area contributed by atoms with E-state index < -0.39 is 25.4 Å². The van der Waals surface area contributed by atoms with Crippen LogP contribution in [0.25, 0.3) is 0 Å². The maximum absolute atomic E-state index is 11.7. The summed E-state index contributed by atoms with van der Waals surface area (Å²) in [6.45, 7) is 6.63. The summed E-state index contributed by atoms with van der Waals surface area (Å²) in [4.78, 5) is 11.7. The Kier molecular flexibility index (Phi) is 6.09. The summed E-state index contributed by atoms with van der Waals surface area (Å²) >= 11 is 0. The standard InChI is InChI=1S/C12H25NO4/c1-9(11(2,3)4)5-10(17)13-12(6-14,7-15)8-16/h9,14-16H,5-8H2,1-4H3,(H,13,17). The van der Waals surface area contributed by atoms with Gasteiger partial charge in [0.05, 0.1) is 19.8 Å². The maximum atomic E-state index is 11.7. The molecule has 1 atom stereocenters. The van der Waals surface area contributed by atoms with Crippen molar-refractivity contribution in [2.45, 2.75) is 39.7 Å². The molecule has 1 unspecified atom stereocenters. The highest BCUT2D eigenvalue weighted by atomic mass is 16.3. The van der Waals surface area contributed by atoms with Crippen LogP contribution in [-0.2, 0) is 4.79 Å². The van der Waals surface area contributed by atoms with Gasteiger partial charge in [-0.2, -0.15) is 0 Å². The summed E-state index contributed by atoms with van der Waals surface area (Å²) in [5.74, 6) is -0.110. The minimum atomic E-state index is -1.32. The van der Waals surface area contributed by atoms with E-state index in [1.54, 1.807) is 0 Å². The molecule has 0 aromatic carbocycles. The van der Waals surface area contributed by atoms with Gasteiger partial charge in [-0.1, -0.05) is 27.7 Å². The average Bonchev–Trinajstić information content (AvgIpc) is 2.24. The molecule has 0 saturated heterocycles. The van der Waals surface area contributed by atoms with E-state index >= 15 is 0 Å². The van der Waals surface area contributed by atoms with E-state index in [1.165, 1.54) is 0 Å². The minimum Gasteiger partial charge on any atom is -0.394 e. The van der Waals surface area contributed by atoms with Crippen LogP contribution in [0.1, 0.15) is 34.1 Å². The van der Waals surface area contributed by atoms with E-state index in [1.807, 2.05) is 27.7 Å². The largest absolute Gasteiger partial charge is 0.394 e. The van der Waals surface area contributed by atoms with Gasteiger partial charge in [0.1, 0.15) is 5.54 Å². The molecule has 1 amide bonds. The number of hydrogen-bond donors (Lipinski definition) is 4. The summed E-state index contributed by atoms with van der Waals surface area (Å²) in [5, 5.41) is 29.7. The Morgan fingerprint density at radius 3 is 1.82 bits per heavy atom. The van der Waals surface area contributed by atoms with Gasteiger partial charge in [-0.3, -0.25) is 4.79 Å². The molecule has 17 heavy (non-hydrogen) atoms. The van der Waals surface area contributed by atoms with E-state index in [4.69, 9.17) is 15.3 Å². The number of hydrogen-bond acceptors (Lipinski definition) is 4. The van der Waals surface area contributed by atoms with E-state index in [-0.39, 0.29) is 17.2 Å². The second-order valence-corrected chi connectivity index (χ2v) is 5.77. The SMILES string of the molecule is CC(CC(=O)NC(CO)(CO)CO)C(C)(C)C. The van der Waals surface area contributed by atoms with Crippen LogP contribution in [-0.4, -0.2) is 46.6 Å². The normalized spacial score (nSPS) is 14.5. The Bertz CT molecular complexity index is 235. The van der Waals surface area contributed by atoms with Crippen LogP contribution in [0, 0.1) is 11.3 Å². The second-order valence-electron chi connectivity index (χ2n) is 5.77. The summed E-state index contributed by atoms with van der Waals surface area (Å²) in [6.07, 6.45) is 0.297. The third kappa shape index (κ3) is 5.02. The molecule has 0 bridgehead atoms. The van der Waals surface area contributed by atoms with Crippen molar-refractivity contribution in [1.29, 1.82) is 0 Å². The molecule has 0 radical (unpaired) electrons. The Labute approximate surface area is 103 Å². The first-order chi connectivity index (χ1) is 7.70. The monoisotopic (exact) mass is 247 g/mol. The van der Waals surface area contributed by atoms with Crippen molar-refractivity contribution in [1.82, 2.24) is 5.32 Å². The lowest BCUT2D eigenvalue weighted by Crippen LogP contribution is -2.57. The van der Waals surface area contributed by atoms with E-state index in [0.717, 1.165) is 0 Å². The smallest absolute Gasteiger partial charge is 0.220 e. The van der Waals surface area contributed by atoms with Gasteiger partial charge in [0, 0.05) is 6.42 Å². The number of nitrogens with one attached hydrogen (secondary N) is 1. The number of rotatable bonds is 6. The molecule has 0 aliphatic carbocycles. The molecule has 5 nitrogen and oxygen atoms in total. The lowest BCUT2D eigenvalue weighted by Gasteiger charge is -2.31. The lowest BCUT2D eigenvalue weighted by molar-refractivity contribution is -0.127. The van der Waals surface area contributed by atoms with Crippen LogP contribution in [0.2, 0.25) is 0 Å². The molecule has 0 aliphatic rings. The topological polar surface area (TPSA) is 89.8 Å². The number of aliphatic hydroxyl groups is 3. The third-order valence-electron chi connectivity index (χ3n) is 3.28. The van der Waals surface area contributed by atoms with Crippen molar-refractivity contribution < 1.29 is 20.1 Å². The quantitative estimate of drug-likeness (QED) is 0.527. The number of carbonyl (C=O) groups excluding carboxylic acids is 1. The van der Waals surface area contributed by atoms with Gasteiger partial charge in [0.25, 0.3) is 0 Å². The fourth-order valence-electron chi connectivity index (χ4n) is 1.20. The highest BCUT2D eigenvalue weighted by Crippen LogP contribution is 2.27.